The molecule has 10 rings (SSSR count). The van der Waals surface area contributed by atoms with Crippen molar-refractivity contribution in [2.45, 2.75) is 0 Å². The Morgan fingerprint density at radius 2 is 1.24 bits per heavy atom. The summed E-state index contributed by atoms with van der Waals surface area (Å²) >= 11 is 0. The van der Waals surface area contributed by atoms with Crippen molar-refractivity contribution in [1.29, 1.82) is 5.26 Å². The van der Waals surface area contributed by atoms with Crippen LogP contribution in [-0.4, -0.2) is 4.57 Å². The lowest BCUT2D eigenvalue weighted by molar-refractivity contribution is 0.487. The lowest BCUT2D eigenvalue weighted by Gasteiger charge is -2.29. The van der Waals surface area contributed by atoms with Crippen LogP contribution in [0.3, 0.4) is 0 Å². The van der Waals surface area contributed by atoms with Crippen LogP contribution in [0, 0.1) is 11.3 Å². The van der Waals surface area contributed by atoms with Gasteiger partial charge in [-0.3, -0.25) is 0 Å². The quantitative estimate of drug-likeness (QED) is 0.195. The molecule has 1 aliphatic rings. The van der Waals surface area contributed by atoms with Crippen LogP contribution in [-0.2, 0) is 0 Å². The van der Waals surface area contributed by atoms with Gasteiger partial charge in [0.05, 0.1) is 28.4 Å². The smallest absolute Gasteiger partial charge is 0.135 e. The van der Waals surface area contributed by atoms with Crippen molar-refractivity contribution in [3.63, 3.8) is 0 Å². The van der Waals surface area contributed by atoms with Crippen molar-refractivity contribution >= 4 is 60.4 Å². The van der Waals surface area contributed by atoms with E-state index in [0.717, 1.165) is 61.7 Å². The monoisotopic (exact) mass is 625 g/mol. The summed E-state index contributed by atoms with van der Waals surface area (Å²) in [6.07, 6.45) is 0. The van der Waals surface area contributed by atoms with Crippen LogP contribution in [0.1, 0.15) is 5.56 Å². The standard InChI is InChI=1S/C45H27N3O/c46-28-29-17-20-32(21-18-29)47(39-26-23-36-35-13-6-7-15-42(35)49-43-16-8-14-37(39)45(36)43)33-22-25-40-38(27-33)44-34-12-5-4-9-30(34)19-24-41(44)48(40)31-10-2-1-3-11-31/h1-27H. The fourth-order valence-electron chi connectivity index (χ4n) is 7.64. The SMILES string of the molecule is N#Cc1ccc(N(c2ccc3c(c2)c2c4ccccc4ccc2n3-c2ccccc2)c2ccc3c4c(cccc24)Oc2ccccc2-3)cc1. The van der Waals surface area contributed by atoms with Crippen molar-refractivity contribution < 1.29 is 4.74 Å². The molecule has 1 aliphatic heterocycles. The van der Waals surface area contributed by atoms with Crippen molar-refractivity contribution in [1.82, 2.24) is 4.57 Å². The van der Waals surface area contributed by atoms with Gasteiger partial charge >= 0.3 is 0 Å². The van der Waals surface area contributed by atoms with Crippen LogP contribution in [0.25, 0.3) is 60.2 Å². The largest absolute Gasteiger partial charge is 0.456 e. The lowest BCUT2D eigenvalue weighted by atomic mass is 9.93. The van der Waals surface area contributed by atoms with Crippen molar-refractivity contribution in [2.75, 3.05) is 4.90 Å². The molecule has 0 saturated heterocycles. The zero-order valence-electron chi connectivity index (χ0n) is 26.3. The zero-order chi connectivity index (χ0) is 32.5. The van der Waals surface area contributed by atoms with Gasteiger partial charge in [-0.25, -0.2) is 0 Å². The molecule has 2 heterocycles. The minimum atomic E-state index is 0.624. The third-order valence-electron chi connectivity index (χ3n) is 9.78. The fraction of sp³-hybridized carbons (Fsp3) is 0. The second kappa shape index (κ2) is 10.6. The Morgan fingerprint density at radius 3 is 2.12 bits per heavy atom. The maximum atomic E-state index is 9.64. The van der Waals surface area contributed by atoms with Crippen molar-refractivity contribution in [3.8, 4) is 34.4 Å². The summed E-state index contributed by atoms with van der Waals surface area (Å²) in [5.74, 6) is 1.72. The lowest BCUT2D eigenvalue weighted by Crippen LogP contribution is -2.11. The minimum Gasteiger partial charge on any atom is -0.456 e. The number of hydrogen-bond donors (Lipinski definition) is 0. The average molecular weight is 626 g/mol. The number of nitrogens with zero attached hydrogens (tertiary/aromatic N) is 3. The Labute approximate surface area is 282 Å². The second-order valence-electron chi connectivity index (χ2n) is 12.5. The molecule has 0 radical (unpaired) electrons. The Bertz CT molecular complexity index is 2810. The minimum absolute atomic E-state index is 0.624. The number of hydrogen-bond acceptors (Lipinski definition) is 3. The Morgan fingerprint density at radius 1 is 0.510 bits per heavy atom. The number of anilines is 3. The molecule has 0 spiro atoms. The van der Waals surface area contributed by atoms with E-state index in [4.69, 9.17) is 4.74 Å². The van der Waals surface area contributed by atoms with Gasteiger partial charge in [0.1, 0.15) is 11.5 Å². The molecule has 0 N–H and O–H groups in total. The topological polar surface area (TPSA) is 41.2 Å². The van der Waals surface area contributed by atoms with E-state index in [2.05, 4.69) is 137 Å². The number of para-hydroxylation sites is 2. The summed E-state index contributed by atoms with van der Waals surface area (Å²) in [7, 11) is 0. The van der Waals surface area contributed by atoms with Gasteiger partial charge in [-0.15, -0.1) is 0 Å². The Kier molecular flexibility index (Phi) is 5.90. The number of aromatic nitrogens is 1. The third kappa shape index (κ3) is 4.10. The van der Waals surface area contributed by atoms with Crippen LogP contribution < -0.4 is 9.64 Å². The molecule has 0 atom stereocenters. The molecule has 1 aromatic heterocycles. The van der Waals surface area contributed by atoms with Crippen LogP contribution in [0.2, 0.25) is 0 Å². The maximum absolute atomic E-state index is 9.64. The number of benzene rings is 8. The number of rotatable bonds is 4. The van der Waals surface area contributed by atoms with E-state index in [0.29, 0.717) is 5.56 Å². The summed E-state index contributed by atoms with van der Waals surface area (Å²) in [5, 5.41) is 16.6. The van der Waals surface area contributed by atoms with E-state index in [9.17, 15) is 5.26 Å². The molecule has 0 unspecified atom stereocenters. The molecule has 0 fully saturated rings. The van der Waals surface area contributed by atoms with Crippen LogP contribution in [0.15, 0.2) is 164 Å². The van der Waals surface area contributed by atoms with Gasteiger partial charge in [0.15, 0.2) is 0 Å². The van der Waals surface area contributed by atoms with Crippen LogP contribution >= 0.6 is 0 Å². The van der Waals surface area contributed by atoms with E-state index >= 15 is 0 Å². The first-order chi connectivity index (χ1) is 24.3. The first kappa shape index (κ1) is 27.3. The Hall–Kier alpha value is -6.83. The molecule has 0 aliphatic carbocycles. The zero-order valence-corrected chi connectivity index (χ0v) is 26.3. The van der Waals surface area contributed by atoms with Crippen molar-refractivity contribution in [2.24, 2.45) is 0 Å². The molecule has 49 heavy (non-hydrogen) atoms. The Balaban J connectivity index is 1.28. The molecular weight excluding hydrogens is 599 g/mol. The number of fused-ring (bicyclic) bond motifs is 7. The molecule has 0 saturated carbocycles. The van der Waals surface area contributed by atoms with E-state index < -0.39 is 0 Å². The molecule has 8 aromatic carbocycles. The molecule has 228 valence electrons. The summed E-state index contributed by atoms with van der Waals surface area (Å²) in [5.41, 5.74) is 9.32. The molecule has 0 bridgehead atoms. The van der Waals surface area contributed by atoms with Gasteiger partial charge in [0, 0.05) is 44.2 Å². The van der Waals surface area contributed by atoms with Crippen LogP contribution in [0.5, 0.6) is 11.5 Å². The number of nitriles is 1. The van der Waals surface area contributed by atoms with Gasteiger partial charge in [-0.2, -0.15) is 5.26 Å². The second-order valence-corrected chi connectivity index (χ2v) is 12.5. The summed E-state index contributed by atoms with van der Waals surface area (Å²) in [4.78, 5) is 2.31. The van der Waals surface area contributed by atoms with Gasteiger partial charge in [0.2, 0.25) is 0 Å². The van der Waals surface area contributed by atoms with Crippen molar-refractivity contribution in [3.05, 3.63) is 169 Å². The highest BCUT2D eigenvalue weighted by Gasteiger charge is 2.25. The van der Waals surface area contributed by atoms with E-state index in [-0.39, 0.29) is 0 Å². The highest BCUT2D eigenvalue weighted by atomic mass is 16.5. The van der Waals surface area contributed by atoms with E-state index in [1.165, 1.54) is 27.1 Å². The number of ether oxygens (including phenoxy) is 1. The maximum Gasteiger partial charge on any atom is 0.135 e. The highest BCUT2D eigenvalue weighted by Crippen LogP contribution is 2.51. The summed E-state index contributed by atoms with van der Waals surface area (Å²) < 4.78 is 8.83. The first-order valence-corrected chi connectivity index (χ1v) is 16.4. The van der Waals surface area contributed by atoms with Gasteiger partial charge < -0.3 is 14.2 Å². The average Bonchev–Trinajstić information content (AvgIpc) is 3.50. The molecular formula is C45H27N3O. The fourth-order valence-corrected chi connectivity index (χ4v) is 7.64. The van der Waals surface area contributed by atoms with Gasteiger partial charge in [-0.1, -0.05) is 84.9 Å². The molecule has 9 aromatic rings. The molecule has 4 heteroatoms. The summed E-state index contributed by atoms with van der Waals surface area (Å²) in [6.45, 7) is 0. The van der Waals surface area contributed by atoms with Gasteiger partial charge in [0.25, 0.3) is 0 Å². The summed E-state index contributed by atoms with van der Waals surface area (Å²) in [6, 6.07) is 59.5. The molecule has 0 amide bonds. The van der Waals surface area contributed by atoms with Gasteiger partial charge in [-0.05, 0) is 95.2 Å². The molecule has 4 nitrogen and oxygen atoms in total. The van der Waals surface area contributed by atoms with E-state index in [1.54, 1.807) is 0 Å². The predicted octanol–water partition coefficient (Wildman–Crippen LogP) is 12.2. The normalized spacial score (nSPS) is 11.8. The highest BCUT2D eigenvalue weighted by molar-refractivity contribution is 6.22. The van der Waals surface area contributed by atoms with Crippen LogP contribution in [0.4, 0.5) is 17.1 Å². The van der Waals surface area contributed by atoms with E-state index in [1.807, 2.05) is 42.5 Å². The third-order valence-corrected chi connectivity index (χ3v) is 9.78. The predicted molar refractivity (Wildman–Crippen MR) is 201 cm³/mol. The first-order valence-electron chi connectivity index (χ1n) is 16.4.